The molecule has 0 fully saturated rings. The lowest BCUT2D eigenvalue weighted by Gasteiger charge is -2.13. The van der Waals surface area contributed by atoms with Gasteiger partial charge in [0.05, 0.1) is 5.56 Å². The molecule has 1 heterocycles. The molecule has 27 heavy (non-hydrogen) atoms. The molecule has 0 aliphatic heterocycles. The van der Waals surface area contributed by atoms with Gasteiger partial charge in [-0.2, -0.15) is 0 Å². The molecule has 0 spiro atoms. The summed E-state index contributed by atoms with van der Waals surface area (Å²) < 4.78 is 0. The van der Waals surface area contributed by atoms with Crippen LogP contribution in [0.2, 0.25) is 0 Å². The summed E-state index contributed by atoms with van der Waals surface area (Å²) in [5.74, 6) is 0.565. The van der Waals surface area contributed by atoms with E-state index in [4.69, 9.17) is 0 Å². The maximum atomic E-state index is 12.3. The minimum absolute atomic E-state index is 0.132. The lowest BCUT2D eigenvalue weighted by Crippen LogP contribution is -2.23. The molecule has 0 unspecified atom stereocenters. The molecular formula is C22H24N4O. The van der Waals surface area contributed by atoms with E-state index in [1.807, 2.05) is 80.5 Å². The smallest absolute Gasteiger partial charge is 0.253 e. The van der Waals surface area contributed by atoms with Crippen LogP contribution in [0.25, 0.3) is 0 Å². The van der Waals surface area contributed by atoms with Crippen LogP contribution < -0.4 is 15.5 Å². The molecule has 5 nitrogen and oxygen atoms in total. The van der Waals surface area contributed by atoms with Gasteiger partial charge in [0.1, 0.15) is 5.82 Å². The van der Waals surface area contributed by atoms with Crippen LogP contribution in [0.4, 0.5) is 17.2 Å². The van der Waals surface area contributed by atoms with Crippen molar-refractivity contribution < 1.29 is 4.79 Å². The summed E-state index contributed by atoms with van der Waals surface area (Å²) >= 11 is 0. The van der Waals surface area contributed by atoms with Crippen molar-refractivity contribution in [2.24, 2.45) is 0 Å². The fraction of sp³-hybridized carbons (Fsp3) is 0.182. The molecule has 3 rings (SSSR count). The highest BCUT2D eigenvalue weighted by atomic mass is 16.1. The van der Waals surface area contributed by atoms with Crippen LogP contribution in [0.15, 0.2) is 66.9 Å². The van der Waals surface area contributed by atoms with Crippen molar-refractivity contribution >= 4 is 23.1 Å². The summed E-state index contributed by atoms with van der Waals surface area (Å²) in [6, 6.07) is 19.7. The first-order valence-electron chi connectivity index (χ1n) is 8.86. The van der Waals surface area contributed by atoms with E-state index in [-0.39, 0.29) is 5.91 Å². The van der Waals surface area contributed by atoms with Gasteiger partial charge in [-0.15, -0.1) is 0 Å². The zero-order valence-corrected chi connectivity index (χ0v) is 15.9. The molecule has 2 N–H and O–H groups in total. The number of anilines is 3. The second kappa shape index (κ2) is 8.36. The zero-order chi connectivity index (χ0) is 19.2. The molecular weight excluding hydrogens is 336 g/mol. The SMILES string of the molecule is Cc1ccccc1CNC(=O)c1ccc(Nc2ccc(N(C)C)cc2)nc1. The fourth-order valence-electron chi connectivity index (χ4n) is 2.68. The van der Waals surface area contributed by atoms with E-state index < -0.39 is 0 Å². The predicted molar refractivity (Wildman–Crippen MR) is 111 cm³/mol. The highest BCUT2D eigenvalue weighted by molar-refractivity contribution is 5.94. The predicted octanol–water partition coefficient (Wildman–Crippen LogP) is 4.13. The van der Waals surface area contributed by atoms with Crippen LogP contribution in [-0.4, -0.2) is 25.0 Å². The van der Waals surface area contributed by atoms with E-state index in [9.17, 15) is 4.79 Å². The highest BCUT2D eigenvalue weighted by Crippen LogP contribution is 2.19. The number of nitrogens with one attached hydrogen (secondary N) is 2. The van der Waals surface area contributed by atoms with Gasteiger partial charge in [-0.3, -0.25) is 4.79 Å². The quantitative estimate of drug-likeness (QED) is 0.694. The molecule has 0 aliphatic rings. The third kappa shape index (κ3) is 4.85. The number of rotatable bonds is 6. The van der Waals surface area contributed by atoms with Gasteiger partial charge in [0, 0.05) is 38.2 Å². The normalized spacial score (nSPS) is 10.3. The number of benzene rings is 2. The highest BCUT2D eigenvalue weighted by Gasteiger charge is 2.07. The van der Waals surface area contributed by atoms with Gasteiger partial charge >= 0.3 is 0 Å². The number of carbonyl (C=O) groups excluding carboxylic acids is 1. The lowest BCUT2D eigenvalue weighted by molar-refractivity contribution is 0.0950. The summed E-state index contributed by atoms with van der Waals surface area (Å²) in [5, 5.41) is 6.18. The van der Waals surface area contributed by atoms with Crippen molar-refractivity contribution in [3.8, 4) is 0 Å². The number of nitrogens with zero attached hydrogens (tertiary/aromatic N) is 2. The molecule has 1 amide bonds. The summed E-state index contributed by atoms with van der Waals surface area (Å²) in [6.45, 7) is 2.54. The molecule has 138 valence electrons. The Morgan fingerprint density at radius 3 is 2.37 bits per heavy atom. The van der Waals surface area contributed by atoms with Crippen molar-refractivity contribution in [2.45, 2.75) is 13.5 Å². The van der Waals surface area contributed by atoms with Crippen molar-refractivity contribution in [1.29, 1.82) is 0 Å². The number of aryl methyl sites for hydroxylation is 1. The Bertz CT molecular complexity index is 902. The molecule has 5 heteroatoms. The second-order valence-electron chi connectivity index (χ2n) is 6.61. The Kier molecular flexibility index (Phi) is 5.71. The minimum atomic E-state index is -0.132. The molecule has 0 radical (unpaired) electrons. The number of pyridine rings is 1. The first kappa shape index (κ1) is 18.5. The van der Waals surface area contributed by atoms with Crippen molar-refractivity contribution in [2.75, 3.05) is 24.3 Å². The van der Waals surface area contributed by atoms with Gasteiger partial charge < -0.3 is 15.5 Å². The average Bonchev–Trinajstić information content (AvgIpc) is 2.68. The molecule has 0 saturated heterocycles. The largest absolute Gasteiger partial charge is 0.378 e. The summed E-state index contributed by atoms with van der Waals surface area (Å²) in [6.07, 6.45) is 1.59. The van der Waals surface area contributed by atoms with Crippen LogP contribution in [0.5, 0.6) is 0 Å². The van der Waals surface area contributed by atoms with Gasteiger partial charge in [0.2, 0.25) is 0 Å². The summed E-state index contributed by atoms with van der Waals surface area (Å²) in [4.78, 5) is 18.7. The van der Waals surface area contributed by atoms with Crippen molar-refractivity contribution in [3.63, 3.8) is 0 Å². The molecule has 0 bridgehead atoms. The number of aromatic nitrogens is 1. The van der Waals surface area contributed by atoms with E-state index in [1.165, 1.54) is 0 Å². The molecule has 0 saturated carbocycles. The van der Waals surface area contributed by atoms with Gasteiger partial charge in [-0.05, 0) is 54.4 Å². The maximum Gasteiger partial charge on any atom is 0.253 e. The second-order valence-corrected chi connectivity index (χ2v) is 6.61. The average molecular weight is 360 g/mol. The van der Waals surface area contributed by atoms with Crippen molar-refractivity contribution in [1.82, 2.24) is 10.3 Å². The fourth-order valence-corrected chi connectivity index (χ4v) is 2.68. The monoisotopic (exact) mass is 360 g/mol. The molecule has 3 aromatic rings. The summed E-state index contributed by atoms with van der Waals surface area (Å²) in [7, 11) is 4.01. The Morgan fingerprint density at radius 1 is 1.00 bits per heavy atom. The van der Waals surface area contributed by atoms with Gasteiger partial charge in [0.25, 0.3) is 5.91 Å². The lowest BCUT2D eigenvalue weighted by atomic mass is 10.1. The molecule has 0 aliphatic carbocycles. The van der Waals surface area contributed by atoms with E-state index in [2.05, 4.69) is 15.6 Å². The topological polar surface area (TPSA) is 57.3 Å². The van der Waals surface area contributed by atoms with E-state index in [0.717, 1.165) is 22.5 Å². The standard InChI is InChI=1S/C22H24N4O/c1-16-6-4-5-7-17(16)14-24-22(27)18-8-13-21(23-15-18)25-19-9-11-20(12-10-19)26(2)3/h4-13,15H,14H2,1-3H3,(H,23,25)(H,24,27). The van der Waals surface area contributed by atoms with E-state index >= 15 is 0 Å². The Labute approximate surface area is 160 Å². The van der Waals surface area contributed by atoms with Gasteiger partial charge in [0.15, 0.2) is 0 Å². The molecule has 0 atom stereocenters. The van der Waals surface area contributed by atoms with E-state index in [0.29, 0.717) is 17.9 Å². The Morgan fingerprint density at radius 2 is 1.74 bits per heavy atom. The minimum Gasteiger partial charge on any atom is -0.378 e. The van der Waals surface area contributed by atoms with Crippen LogP contribution in [0, 0.1) is 6.92 Å². The number of amides is 1. The Hall–Kier alpha value is -3.34. The van der Waals surface area contributed by atoms with Crippen molar-refractivity contribution in [3.05, 3.63) is 83.6 Å². The van der Waals surface area contributed by atoms with Crippen LogP contribution in [0.3, 0.4) is 0 Å². The number of hydrogen-bond acceptors (Lipinski definition) is 4. The van der Waals surface area contributed by atoms with Gasteiger partial charge in [-0.1, -0.05) is 24.3 Å². The van der Waals surface area contributed by atoms with Crippen LogP contribution in [0.1, 0.15) is 21.5 Å². The first-order valence-corrected chi connectivity index (χ1v) is 8.86. The molecule has 1 aromatic heterocycles. The van der Waals surface area contributed by atoms with Crippen LogP contribution in [-0.2, 0) is 6.54 Å². The molecule has 2 aromatic carbocycles. The van der Waals surface area contributed by atoms with Crippen LogP contribution >= 0.6 is 0 Å². The van der Waals surface area contributed by atoms with Gasteiger partial charge in [-0.25, -0.2) is 4.98 Å². The number of hydrogen-bond donors (Lipinski definition) is 2. The first-order chi connectivity index (χ1) is 13.0. The summed E-state index contributed by atoms with van der Waals surface area (Å²) in [5.41, 5.74) is 4.89. The third-order valence-electron chi connectivity index (χ3n) is 4.38. The Balaban J connectivity index is 1.59. The third-order valence-corrected chi connectivity index (χ3v) is 4.38. The zero-order valence-electron chi connectivity index (χ0n) is 15.9. The van der Waals surface area contributed by atoms with E-state index in [1.54, 1.807) is 12.3 Å². The maximum absolute atomic E-state index is 12.3. The number of carbonyl (C=O) groups is 1.